The molecule has 1 aromatic heterocycles. The molecule has 4 amide bonds. The van der Waals surface area contributed by atoms with Crippen molar-refractivity contribution in [3.8, 4) is 0 Å². The average molecular weight is 494 g/mol. The highest BCUT2D eigenvalue weighted by Gasteiger charge is 2.54. The van der Waals surface area contributed by atoms with Crippen molar-refractivity contribution < 1.29 is 19.1 Å². The number of rotatable bonds is 8. The summed E-state index contributed by atoms with van der Waals surface area (Å²) in [5.74, 6) is -1.23. The molecular weight excluding hydrogens is 470 g/mol. The quantitative estimate of drug-likeness (QED) is 0.356. The molecule has 2 aliphatic rings. The minimum absolute atomic E-state index is 0.0432. The van der Waals surface area contributed by atoms with Crippen LogP contribution in [0.3, 0.4) is 0 Å². The Kier molecular flexibility index (Phi) is 6.47. The third kappa shape index (κ3) is 4.49. The van der Waals surface area contributed by atoms with E-state index in [2.05, 4.69) is 26.3 Å². The molecule has 2 fully saturated rings. The number of amides is 4. The highest BCUT2D eigenvalue weighted by Crippen LogP contribution is 2.35. The summed E-state index contributed by atoms with van der Waals surface area (Å²) < 4.78 is 7.21. The summed E-state index contributed by atoms with van der Waals surface area (Å²) in [7, 11) is 0. The predicted octanol–water partition coefficient (Wildman–Crippen LogP) is 1.47. The first-order valence-corrected chi connectivity index (χ1v) is 12.1. The summed E-state index contributed by atoms with van der Waals surface area (Å²) in [6.07, 6.45) is 1.97. The van der Waals surface area contributed by atoms with Gasteiger partial charge in [0.25, 0.3) is 5.91 Å². The summed E-state index contributed by atoms with van der Waals surface area (Å²) in [4.78, 5) is 39.2. The lowest BCUT2D eigenvalue weighted by atomic mass is 9.83. The Bertz CT molecular complexity index is 1180. The zero-order valence-electron chi connectivity index (χ0n) is 18.7. The van der Waals surface area contributed by atoms with Gasteiger partial charge in [0.1, 0.15) is 0 Å². The van der Waals surface area contributed by atoms with E-state index in [1.54, 1.807) is 53.2 Å². The minimum atomic E-state index is -1.45. The molecule has 2 aromatic carbocycles. The van der Waals surface area contributed by atoms with Crippen LogP contribution in [-0.4, -0.2) is 61.5 Å². The van der Waals surface area contributed by atoms with E-state index in [0.29, 0.717) is 22.8 Å². The summed E-state index contributed by atoms with van der Waals surface area (Å²) in [6, 6.07) is 17.1. The maximum absolute atomic E-state index is 13.6. The lowest BCUT2D eigenvalue weighted by Gasteiger charge is -2.27. The molecule has 0 saturated carbocycles. The maximum Gasteiger partial charge on any atom is 0.344 e. The van der Waals surface area contributed by atoms with Gasteiger partial charge in [0.15, 0.2) is 5.54 Å². The van der Waals surface area contributed by atoms with Crippen molar-refractivity contribution in [1.29, 1.82) is 0 Å². The minimum Gasteiger partial charge on any atom is -0.376 e. The number of hydrogen-bond acceptors (Lipinski definition) is 8. The van der Waals surface area contributed by atoms with Crippen LogP contribution in [0.15, 0.2) is 65.8 Å². The number of hydrogen-bond donors (Lipinski definition) is 2. The van der Waals surface area contributed by atoms with Gasteiger partial charge in [0.05, 0.1) is 18.4 Å². The van der Waals surface area contributed by atoms with E-state index in [1.807, 2.05) is 12.1 Å². The Hall–Kier alpha value is -3.77. The fourth-order valence-electron chi connectivity index (χ4n) is 4.25. The normalized spacial score (nSPS) is 19.1. The third-order valence-corrected chi connectivity index (χ3v) is 6.86. The van der Waals surface area contributed by atoms with E-state index in [-0.39, 0.29) is 11.9 Å². The van der Waals surface area contributed by atoms with Gasteiger partial charge in [-0.2, -0.15) is 5.01 Å². The molecule has 0 radical (unpaired) electrons. The van der Waals surface area contributed by atoms with Gasteiger partial charge in [-0.15, -0.1) is 5.10 Å². The molecule has 0 bridgehead atoms. The number of aromatic nitrogens is 4. The SMILES string of the molecule is O=C(CSc1nnnn1C[C@@H]1CCCO1)NN1C(=O)NC(c2ccccc2)(c2ccccc2)C1=O. The Morgan fingerprint density at radius 3 is 2.43 bits per heavy atom. The molecule has 5 rings (SSSR count). The average Bonchev–Trinajstić information content (AvgIpc) is 3.62. The molecule has 2 saturated heterocycles. The molecule has 11 nitrogen and oxygen atoms in total. The van der Waals surface area contributed by atoms with Crippen LogP contribution in [0.25, 0.3) is 0 Å². The molecule has 2 N–H and O–H groups in total. The summed E-state index contributed by atoms with van der Waals surface area (Å²) >= 11 is 1.11. The first-order chi connectivity index (χ1) is 17.1. The van der Waals surface area contributed by atoms with E-state index in [4.69, 9.17) is 4.74 Å². The van der Waals surface area contributed by atoms with Crippen LogP contribution >= 0.6 is 11.8 Å². The van der Waals surface area contributed by atoms with Gasteiger partial charge in [0.2, 0.25) is 11.1 Å². The van der Waals surface area contributed by atoms with Crippen molar-refractivity contribution in [1.82, 2.24) is 36.0 Å². The monoisotopic (exact) mass is 493 g/mol. The third-order valence-electron chi connectivity index (χ3n) is 5.90. The number of ether oxygens (including phenoxy) is 1. The van der Waals surface area contributed by atoms with Gasteiger partial charge in [-0.1, -0.05) is 72.4 Å². The van der Waals surface area contributed by atoms with Crippen molar-refractivity contribution in [2.24, 2.45) is 0 Å². The van der Waals surface area contributed by atoms with E-state index < -0.39 is 23.4 Å². The van der Waals surface area contributed by atoms with E-state index in [0.717, 1.165) is 36.2 Å². The molecule has 0 unspecified atom stereocenters. The van der Waals surface area contributed by atoms with Gasteiger partial charge < -0.3 is 10.1 Å². The van der Waals surface area contributed by atoms with Crippen molar-refractivity contribution >= 4 is 29.6 Å². The molecule has 0 aliphatic carbocycles. The van der Waals surface area contributed by atoms with Crippen LogP contribution in [0.1, 0.15) is 24.0 Å². The highest BCUT2D eigenvalue weighted by atomic mass is 32.2. The zero-order valence-corrected chi connectivity index (χ0v) is 19.5. The first kappa shape index (κ1) is 23.0. The number of hydrazine groups is 1. The second-order valence-corrected chi connectivity index (χ2v) is 9.10. The largest absolute Gasteiger partial charge is 0.376 e. The Balaban J connectivity index is 1.30. The maximum atomic E-state index is 13.6. The Morgan fingerprint density at radius 1 is 1.11 bits per heavy atom. The first-order valence-electron chi connectivity index (χ1n) is 11.2. The molecule has 1 atom stereocenters. The second-order valence-electron chi connectivity index (χ2n) is 8.16. The standard InChI is InChI=1S/C23H23N7O4S/c31-19(15-35-22-25-27-28-29(22)14-18-12-7-13-34-18)26-30-20(32)23(24-21(30)33,16-8-3-1-4-9-16)17-10-5-2-6-11-17/h1-6,8-11,18H,7,12-15H2,(H,24,33)(H,26,31)/t18-/m0/s1. The fraction of sp³-hybridized carbons (Fsp3) is 0.304. The van der Waals surface area contributed by atoms with Crippen molar-refractivity contribution in [3.05, 3.63) is 71.8 Å². The summed E-state index contributed by atoms with van der Waals surface area (Å²) in [5.41, 5.74) is 2.16. The van der Waals surface area contributed by atoms with Crippen LogP contribution in [-0.2, 0) is 26.4 Å². The van der Waals surface area contributed by atoms with Crippen LogP contribution < -0.4 is 10.7 Å². The van der Waals surface area contributed by atoms with E-state index in [1.165, 1.54) is 0 Å². The molecule has 180 valence electrons. The number of nitrogens with zero attached hydrogens (tertiary/aromatic N) is 5. The van der Waals surface area contributed by atoms with Crippen molar-refractivity contribution in [3.63, 3.8) is 0 Å². The molecule has 0 spiro atoms. The number of tetrazole rings is 1. The van der Waals surface area contributed by atoms with Gasteiger partial charge in [0, 0.05) is 6.61 Å². The summed E-state index contributed by atoms with van der Waals surface area (Å²) in [6.45, 7) is 1.22. The fourth-order valence-corrected chi connectivity index (χ4v) is 4.93. The number of urea groups is 1. The van der Waals surface area contributed by atoms with Gasteiger partial charge in [-0.3, -0.25) is 15.0 Å². The van der Waals surface area contributed by atoms with E-state index >= 15 is 0 Å². The van der Waals surface area contributed by atoms with Crippen LogP contribution in [0.5, 0.6) is 0 Å². The number of thioether (sulfide) groups is 1. The number of imide groups is 1. The second kappa shape index (κ2) is 9.84. The van der Waals surface area contributed by atoms with Gasteiger partial charge in [-0.05, 0) is 34.4 Å². The molecule has 2 aliphatic heterocycles. The lowest BCUT2D eigenvalue weighted by Crippen LogP contribution is -2.49. The molecular formula is C23H23N7O4S. The van der Waals surface area contributed by atoms with Crippen molar-refractivity contribution in [2.45, 2.75) is 36.2 Å². The summed E-state index contributed by atoms with van der Waals surface area (Å²) in [5, 5.41) is 15.6. The highest BCUT2D eigenvalue weighted by molar-refractivity contribution is 7.99. The molecule has 3 heterocycles. The van der Waals surface area contributed by atoms with Crippen molar-refractivity contribution in [2.75, 3.05) is 12.4 Å². The van der Waals surface area contributed by atoms with Gasteiger partial charge >= 0.3 is 6.03 Å². The number of carbonyl (C=O) groups excluding carboxylic acids is 3. The van der Waals surface area contributed by atoms with Crippen LogP contribution in [0.2, 0.25) is 0 Å². The van der Waals surface area contributed by atoms with Crippen LogP contribution in [0, 0.1) is 0 Å². The number of benzene rings is 2. The molecule has 3 aromatic rings. The molecule has 35 heavy (non-hydrogen) atoms. The Morgan fingerprint density at radius 2 is 1.80 bits per heavy atom. The van der Waals surface area contributed by atoms with Crippen LogP contribution in [0.4, 0.5) is 4.79 Å². The zero-order chi connectivity index (χ0) is 24.3. The molecule has 12 heteroatoms. The topological polar surface area (TPSA) is 131 Å². The lowest BCUT2D eigenvalue weighted by molar-refractivity contribution is -0.137. The predicted molar refractivity (Wildman–Crippen MR) is 125 cm³/mol. The van der Waals surface area contributed by atoms with E-state index in [9.17, 15) is 14.4 Å². The van der Waals surface area contributed by atoms with Gasteiger partial charge in [-0.25, -0.2) is 9.48 Å². The number of nitrogens with one attached hydrogen (secondary N) is 2. The Labute approximate surface area is 205 Å². The smallest absolute Gasteiger partial charge is 0.344 e. The number of carbonyl (C=O) groups is 3.